The molecule has 0 bridgehead atoms. The van der Waals surface area contributed by atoms with Crippen molar-refractivity contribution in [1.29, 1.82) is 0 Å². The highest BCUT2D eigenvalue weighted by Gasteiger charge is 1.85. The fraction of sp³-hybridized carbons (Fsp3) is 0.0833. The van der Waals surface area contributed by atoms with Crippen LogP contribution in [0.3, 0.4) is 0 Å². The zero-order valence-corrected chi connectivity index (χ0v) is 7.83. The van der Waals surface area contributed by atoms with Gasteiger partial charge >= 0.3 is 0 Å². The maximum absolute atomic E-state index is 9.77. The summed E-state index contributed by atoms with van der Waals surface area (Å²) >= 11 is 0. The maximum Gasteiger partial charge on any atom is 0.185 e. The van der Waals surface area contributed by atoms with Crippen LogP contribution in [-0.4, -0.2) is 16.5 Å². The van der Waals surface area contributed by atoms with Crippen LogP contribution in [0.25, 0.3) is 0 Å². The molecule has 0 saturated carbocycles. The third-order valence-corrected chi connectivity index (χ3v) is 1.49. The molecule has 2 rings (SSSR count). The van der Waals surface area contributed by atoms with E-state index in [0.717, 1.165) is 0 Å². The number of hydrogen-bond acceptors (Lipinski definition) is 4. The maximum atomic E-state index is 9.77. The molecule has 4 heteroatoms. The summed E-state index contributed by atoms with van der Waals surface area (Å²) in [5, 5.41) is 17.3. The van der Waals surface area contributed by atoms with Crippen molar-refractivity contribution < 1.29 is 19.4 Å². The Balaban J connectivity index is 0.000000267. The van der Waals surface area contributed by atoms with Crippen molar-refractivity contribution in [3.63, 3.8) is 0 Å². The fourth-order valence-corrected chi connectivity index (χ4v) is 0.851. The molecule has 0 aliphatic carbocycles. The largest absolute Gasteiger partial charge is 0.508 e. The topological polar surface area (TPSA) is 70.7 Å². The number of furan rings is 1. The first-order valence-corrected chi connectivity index (χ1v) is 4.19. The lowest BCUT2D eigenvalue weighted by Gasteiger charge is -1.89. The SMILES string of the molecule is C.O=Cc1ccco1.Oc1cccc(O)c1. The van der Waals surface area contributed by atoms with Crippen molar-refractivity contribution in [2.24, 2.45) is 0 Å². The molecule has 0 saturated heterocycles. The first kappa shape index (κ1) is 13.8. The smallest absolute Gasteiger partial charge is 0.185 e. The third-order valence-electron chi connectivity index (χ3n) is 1.49. The molecule has 2 N–H and O–H groups in total. The molecule has 0 fully saturated rings. The van der Waals surface area contributed by atoms with E-state index in [0.29, 0.717) is 12.0 Å². The number of carbonyl (C=O) groups excluding carboxylic acids is 1. The van der Waals surface area contributed by atoms with Gasteiger partial charge in [0.05, 0.1) is 6.26 Å². The van der Waals surface area contributed by atoms with Gasteiger partial charge in [0.25, 0.3) is 0 Å². The molecule has 4 nitrogen and oxygen atoms in total. The average molecular weight is 222 g/mol. The van der Waals surface area contributed by atoms with Crippen LogP contribution in [0.15, 0.2) is 47.1 Å². The van der Waals surface area contributed by atoms with Gasteiger partial charge in [0.15, 0.2) is 12.0 Å². The van der Waals surface area contributed by atoms with Gasteiger partial charge in [0.1, 0.15) is 11.5 Å². The van der Waals surface area contributed by atoms with Crippen LogP contribution < -0.4 is 0 Å². The summed E-state index contributed by atoms with van der Waals surface area (Å²) in [5.41, 5.74) is 0. The second-order valence-electron chi connectivity index (χ2n) is 2.65. The van der Waals surface area contributed by atoms with Crippen molar-refractivity contribution >= 4 is 6.29 Å². The zero-order valence-electron chi connectivity index (χ0n) is 7.83. The van der Waals surface area contributed by atoms with Gasteiger partial charge < -0.3 is 14.6 Å². The monoisotopic (exact) mass is 222 g/mol. The van der Waals surface area contributed by atoms with E-state index in [-0.39, 0.29) is 18.9 Å². The normalized spacial score (nSPS) is 8.25. The van der Waals surface area contributed by atoms with Crippen molar-refractivity contribution in [2.75, 3.05) is 0 Å². The quantitative estimate of drug-likeness (QED) is 0.728. The minimum Gasteiger partial charge on any atom is -0.508 e. The Morgan fingerprint density at radius 1 is 1.06 bits per heavy atom. The predicted molar refractivity (Wildman–Crippen MR) is 60.6 cm³/mol. The summed E-state index contributed by atoms with van der Waals surface area (Å²) in [4.78, 5) is 9.77. The van der Waals surface area contributed by atoms with E-state index in [1.807, 2.05) is 0 Å². The van der Waals surface area contributed by atoms with Gasteiger partial charge in [-0.15, -0.1) is 0 Å². The second-order valence-corrected chi connectivity index (χ2v) is 2.65. The van der Waals surface area contributed by atoms with E-state index < -0.39 is 0 Å². The summed E-state index contributed by atoms with van der Waals surface area (Å²) in [5.74, 6) is 0.551. The summed E-state index contributed by atoms with van der Waals surface area (Å²) in [6, 6.07) is 9.13. The summed E-state index contributed by atoms with van der Waals surface area (Å²) < 4.78 is 4.61. The number of carbonyl (C=O) groups is 1. The molecule has 86 valence electrons. The summed E-state index contributed by atoms with van der Waals surface area (Å²) in [7, 11) is 0. The number of benzene rings is 1. The predicted octanol–water partition coefficient (Wildman–Crippen LogP) is 2.83. The van der Waals surface area contributed by atoms with E-state index in [9.17, 15) is 4.79 Å². The summed E-state index contributed by atoms with van der Waals surface area (Å²) in [6.45, 7) is 0. The minimum absolute atomic E-state index is 0. The van der Waals surface area contributed by atoms with E-state index in [2.05, 4.69) is 4.42 Å². The lowest BCUT2D eigenvalue weighted by molar-refractivity contribution is 0.110. The van der Waals surface area contributed by atoms with Crippen LogP contribution in [0.5, 0.6) is 11.5 Å². The lowest BCUT2D eigenvalue weighted by Crippen LogP contribution is -1.65. The Bertz CT molecular complexity index is 389. The molecule has 0 aliphatic heterocycles. The average Bonchev–Trinajstić information content (AvgIpc) is 2.70. The number of phenolic OH excluding ortho intramolecular Hbond substituents is 2. The Hall–Kier alpha value is -2.23. The molecular weight excluding hydrogens is 208 g/mol. The van der Waals surface area contributed by atoms with Gasteiger partial charge in [-0.2, -0.15) is 0 Å². The molecule has 0 amide bonds. The molecule has 1 aromatic heterocycles. The highest BCUT2D eigenvalue weighted by atomic mass is 16.3. The molecular formula is C12H14O4. The second kappa shape index (κ2) is 7.11. The highest BCUT2D eigenvalue weighted by molar-refractivity contribution is 5.69. The number of rotatable bonds is 1. The van der Waals surface area contributed by atoms with Crippen molar-refractivity contribution in [1.82, 2.24) is 0 Å². The molecule has 0 unspecified atom stereocenters. The first-order valence-electron chi connectivity index (χ1n) is 4.19. The number of aromatic hydroxyl groups is 2. The van der Waals surface area contributed by atoms with Gasteiger partial charge in [-0.25, -0.2) is 0 Å². The van der Waals surface area contributed by atoms with Crippen LogP contribution in [0.1, 0.15) is 18.0 Å². The standard InChI is InChI=1S/C6H6O2.C5H4O2.CH4/c7-5-2-1-3-6(8)4-5;6-4-5-2-1-3-7-5;/h1-4,7-8H;1-4H;1H4. The van der Waals surface area contributed by atoms with Crippen LogP contribution in [0.2, 0.25) is 0 Å². The lowest BCUT2D eigenvalue weighted by atomic mass is 10.3. The van der Waals surface area contributed by atoms with E-state index in [1.54, 1.807) is 18.2 Å². The van der Waals surface area contributed by atoms with E-state index >= 15 is 0 Å². The zero-order chi connectivity index (χ0) is 11.1. The molecule has 1 heterocycles. The molecule has 16 heavy (non-hydrogen) atoms. The van der Waals surface area contributed by atoms with E-state index in [1.165, 1.54) is 24.5 Å². The molecule has 2 aromatic rings. The van der Waals surface area contributed by atoms with Crippen molar-refractivity contribution in [3.05, 3.63) is 48.4 Å². The molecule has 0 aliphatic rings. The molecule has 1 aromatic carbocycles. The Morgan fingerprint density at radius 2 is 1.69 bits per heavy atom. The van der Waals surface area contributed by atoms with Crippen LogP contribution in [0.4, 0.5) is 0 Å². The number of hydrogen-bond donors (Lipinski definition) is 2. The van der Waals surface area contributed by atoms with Crippen molar-refractivity contribution in [3.8, 4) is 11.5 Å². The molecule has 0 spiro atoms. The number of aldehydes is 1. The summed E-state index contributed by atoms with van der Waals surface area (Å²) in [6.07, 6.45) is 2.13. The minimum atomic E-state index is 0. The van der Waals surface area contributed by atoms with E-state index in [4.69, 9.17) is 10.2 Å². The van der Waals surface area contributed by atoms with Crippen molar-refractivity contribution in [2.45, 2.75) is 7.43 Å². The first-order chi connectivity index (χ1) is 7.22. The van der Waals surface area contributed by atoms with Crippen LogP contribution in [-0.2, 0) is 0 Å². The Morgan fingerprint density at radius 3 is 1.94 bits per heavy atom. The Labute approximate surface area is 93.8 Å². The Kier molecular flexibility index (Phi) is 6.12. The molecule has 0 atom stereocenters. The third kappa shape index (κ3) is 4.85. The molecule has 0 radical (unpaired) electrons. The van der Waals surface area contributed by atoms with Gasteiger partial charge in [-0.05, 0) is 24.3 Å². The van der Waals surface area contributed by atoms with Gasteiger partial charge in [-0.3, -0.25) is 4.79 Å². The van der Waals surface area contributed by atoms with Gasteiger partial charge in [0.2, 0.25) is 0 Å². The fourth-order valence-electron chi connectivity index (χ4n) is 0.851. The highest BCUT2D eigenvalue weighted by Crippen LogP contribution is 2.14. The number of phenols is 2. The van der Waals surface area contributed by atoms with Gasteiger partial charge in [0, 0.05) is 6.07 Å². The van der Waals surface area contributed by atoms with Crippen LogP contribution >= 0.6 is 0 Å². The van der Waals surface area contributed by atoms with Crippen LogP contribution in [0, 0.1) is 0 Å². The van der Waals surface area contributed by atoms with Gasteiger partial charge in [-0.1, -0.05) is 13.5 Å².